The highest BCUT2D eigenvalue weighted by Crippen LogP contribution is 2.21. The first-order valence-corrected chi connectivity index (χ1v) is 7.50. The van der Waals surface area contributed by atoms with Gasteiger partial charge in [0.2, 0.25) is 0 Å². The Morgan fingerprint density at radius 3 is 2.76 bits per heavy atom. The maximum Gasteiger partial charge on any atom is 0.270 e. The fourth-order valence-corrected chi connectivity index (χ4v) is 2.41. The molecule has 0 amide bonds. The molecule has 0 aliphatic heterocycles. The van der Waals surface area contributed by atoms with E-state index in [9.17, 15) is 14.9 Å². The van der Waals surface area contributed by atoms with Gasteiger partial charge in [0.1, 0.15) is 5.82 Å². The van der Waals surface area contributed by atoms with E-state index in [1.54, 1.807) is 12.1 Å². The molecule has 0 aliphatic rings. The van der Waals surface area contributed by atoms with E-state index in [0.717, 1.165) is 5.69 Å². The highest BCUT2D eigenvalue weighted by atomic mass is 127. The van der Waals surface area contributed by atoms with E-state index in [4.69, 9.17) is 0 Å². The SMILES string of the molecule is CC(C)Cc1nc(-c2cccc([N+](=O)[O-])c2)[nH]c(=O)c1I. The van der Waals surface area contributed by atoms with Crippen molar-refractivity contribution in [1.82, 2.24) is 9.97 Å². The van der Waals surface area contributed by atoms with Crippen molar-refractivity contribution in [1.29, 1.82) is 0 Å². The molecule has 1 aromatic heterocycles. The first-order valence-electron chi connectivity index (χ1n) is 6.42. The van der Waals surface area contributed by atoms with Gasteiger partial charge in [-0.3, -0.25) is 14.9 Å². The number of non-ortho nitro benzene ring substituents is 1. The van der Waals surface area contributed by atoms with Crippen LogP contribution >= 0.6 is 22.6 Å². The van der Waals surface area contributed by atoms with Crippen molar-refractivity contribution in [3.63, 3.8) is 0 Å². The molecule has 6 nitrogen and oxygen atoms in total. The van der Waals surface area contributed by atoms with Crippen LogP contribution in [0.1, 0.15) is 19.5 Å². The van der Waals surface area contributed by atoms with Gasteiger partial charge in [-0.2, -0.15) is 0 Å². The molecule has 7 heteroatoms. The molecule has 0 spiro atoms. The van der Waals surface area contributed by atoms with Crippen LogP contribution in [0.4, 0.5) is 5.69 Å². The molecular weight excluding hydrogens is 385 g/mol. The number of aromatic nitrogens is 2. The highest BCUT2D eigenvalue weighted by Gasteiger charge is 2.13. The third kappa shape index (κ3) is 3.66. The van der Waals surface area contributed by atoms with E-state index in [-0.39, 0.29) is 11.2 Å². The molecule has 0 unspecified atom stereocenters. The summed E-state index contributed by atoms with van der Waals surface area (Å²) in [6.07, 6.45) is 0.685. The number of nitrogens with one attached hydrogen (secondary N) is 1. The third-order valence-corrected chi connectivity index (χ3v) is 3.98. The molecule has 1 N–H and O–H groups in total. The zero-order valence-corrected chi connectivity index (χ0v) is 13.7. The van der Waals surface area contributed by atoms with Gasteiger partial charge in [0.15, 0.2) is 0 Å². The molecule has 21 heavy (non-hydrogen) atoms. The number of halogens is 1. The monoisotopic (exact) mass is 399 g/mol. The number of hydrogen-bond donors (Lipinski definition) is 1. The predicted molar refractivity (Wildman–Crippen MR) is 88.2 cm³/mol. The van der Waals surface area contributed by atoms with Gasteiger partial charge in [-0.1, -0.05) is 26.0 Å². The molecule has 0 saturated heterocycles. The van der Waals surface area contributed by atoms with Gasteiger partial charge >= 0.3 is 0 Å². The molecule has 2 rings (SSSR count). The van der Waals surface area contributed by atoms with Crippen LogP contribution in [0.2, 0.25) is 0 Å². The fourth-order valence-electron chi connectivity index (χ4n) is 1.93. The Balaban J connectivity index is 2.54. The van der Waals surface area contributed by atoms with E-state index >= 15 is 0 Å². The first kappa shape index (κ1) is 15.6. The Hall–Kier alpha value is -1.77. The van der Waals surface area contributed by atoms with Crippen LogP contribution in [0.15, 0.2) is 29.1 Å². The predicted octanol–water partition coefficient (Wildman–Crippen LogP) is 3.15. The molecular formula is C14H14IN3O3. The lowest BCUT2D eigenvalue weighted by Crippen LogP contribution is -2.17. The summed E-state index contributed by atoms with van der Waals surface area (Å²) in [4.78, 5) is 29.5. The molecule has 0 aliphatic carbocycles. The largest absolute Gasteiger partial charge is 0.306 e. The minimum atomic E-state index is -0.469. The van der Waals surface area contributed by atoms with Crippen LogP contribution in [0.25, 0.3) is 11.4 Å². The lowest BCUT2D eigenvalue weighted by Gasteiger charge is -2.08. The summed E-state index contributed by atoms with van der Waals surface area (Å²) in [6, 6.07) is 6.08. The number of nitro benzene ring substituents is 1. The van der Waals surface area contributed by atoms with Crippen LogP contribution < -0.4 is 5.56 Å². The van der Waals surface area contributed by atoms with Crippen molar-refractivity contribution in [3.05, 3.63) is 54.0 Å². The number of aromatic amines is 1. The number of benzene rings is 1. The second-order valence-electron chi connectivity index (χ2n) is 5.08. The van der Waals surface area contributed by atoms with Crippen molar-refractivity contribution < 1.29 is 4.92 Å². The van der Waals surface area contributed by atoms with Crippen molar-refractivity contribution in [2.45, 2.75) is 20.3 Å². The van der Waals surface area contributed by atoms with Gasteiger partial charge < -0.3 is 4.98 Å². The van der Waals surface area contributed by atoms with Gasteiger partial charge in [0, 0.05) is 17.7 Å². The van der Waals surface area contributed by atoms with E-state index in [0.29, 0.717) is 27.3 Å². The normalized spacial score (nSPS) is 10.9. The Labute approximate surface area is 134 Å². The topological polar surface area (TPSA) is 88.9 Å². The number of rotatable bonds is 4. The maximum absolute atomic E-state index is 12.0. The van der Waals surface area contributed by atoms with Crippen LogP contribution in [0.5, 0.6) is 0 Å². The van der Waals surface area contributed by atoms with Crippen LogP contribution in [-0.2, 0) is 6.42 Å². The molecule has 1 heterocycles. The zero-order chi connectivity index (χ0) is 15.6. The lowest BCUT2D eigenvalue weighted by molar-refractivity contribution is -0.384. The Morgan fingerprint density at radius 1 is 1.43 bits per heavy atom. The average molecular weight is 399 g/mol. The van der Waals surface area contributed by atoms with E-state index < -0.39 is 4.92 Å². The van der Waals surface area contributed by atoms with Gasteiger partial charge in [-0.15, -0.1) is 0 Å². The summed E-state index contributed by atoms with van der Waals surface area (Å²) in [5.41, 5.74) is 1.00. The van der Waals surface area contributed by atoms with Crippen LogP contribution in [0, 0.1) is 19.6 Å². The summed E-state index contributed by atoms with van der Waals surface area (Å²) in [5.74, 6) is 0.727. The number of nitrogens with zero attached hydrogens (tertiary/aromatic N) is 2. The summed E-state index contributed by atoms with van der Waals surface area (Å²) in [5, 5.41) is 10.8. The quantitative estimate of drug-likeness (QED) is 0.486. The van der Waals surface area contributed by atoms with Crippen LogP contribution in [-0.4, -0.2) is 14.9 Å². The second kappa shape index (κ2) is 6.33. The Morgan fingerprint density at radius 2 is 2.14 bits per heavy atom. The molecule has 0 atom stereocenters. The number of hydrogen-bond acceptors (Lipinski definition) is 4. The molecule has 0 bridgehead atoms. The standard InChI is InChI=1S/C14H14IN3O3/c1-8(2)6-11-12(15)14(19)17-13(16-11)9-4-3-5-10(7-9)18(20)21/h3-5,7-8H,6H2,1-2H3,(H,16,17,19). The maximum atomic E-state index is 12.0. The number of H-pyrrole nitrogens is 1. The van der Waals surface area contributed by atoms with Crippen molar-refractivity contribution in [2.24, 2.45) is 5.92 Å². The smallest absolute Gasteiger partial charge is 0.270 e. The summed E-state index contributed by atoms with van der Waals surface area (Å²) >= 11 is 1.98. The summed E-state index contributed by atoms with van der Waals surface area (Å²) in [7, 11) is 0. The average Bonchev–Trinajstić information content (AvgIpc) is 2.43. The van der Waals surface area contributed by atoms with Crippen molar-refractivity contribution >= 4 is 28.3 Å². The summed E-state index contributed by atoms with van der Waals surface area (Å²) in [6.45, 7) is 4.10. The van der Waals surface area contributed by atoms with Gasteiger partial charge in [-0.05, 0) is 34.9 Å². The van der Waals surface area contributed by atoms with Gasteiger partial charge in [0.25, 0.3) is 11.2 Å². The zero-order valence-electron chi connectivity index (χ0n) is 11.6. The number of nitro groups is 1. The van der Waals surface area contributed by atoms with Crippen molar-refractivity contribution in [3.8, 4) is 11.4 Å². The molecule has 0 saturated carbocycles. The van der Waals surface area contributed by atoms with Gasteiger partial charge in [0.05, 0.1) is 14.2 Å². The van der Waals surface area contributed by atoms with E-state index in [1.807, 2.05) is 36.4 Å². The van der Waals surface area contributed by atoms with E-state index in [2.05, 4.69) is 9.97 Å². The first-order chi connectivity index (χ1) is 9.88. The third-order valence-electron chi connectivity index (χ3n) is 2.86. The molecule has 2 aromatic rings. The minimum Gasteiger partial charge on any atom is -0.306 e. The highest BCUT2D eigenvalue weighted by molar-refractivity contribution is 14.1. The summed E-state index contributed by atoms with van der Waals surface area (Å²) < 4.78 is 0.565. The molecule has 0 fully saturated rings. The minimum absolute atomic E-state index is 0.0286. The molecule has 1 aromatic carbocycles. The Kier molecular flexibility index (Phi) is 4.71. The lowest BCUT2D eigenvalue weighted by atomic mass is 10.1. The fraction of sp³-hybridized carbons (Fsp3) is 0.286. The second-order valence-corrected chi connectivity index (χ2v) is 6.16. The molecule has 110 valence electrons. The van der Waals surface area contributed by atoms with Crippen LogP contribution in [0.3, 0.4) is 0 Å². The van der Waals surface area contributed by atoms with Crippen molar-refractivity contribution in [2.75, 3.05) is 0 Å². The van der Waals surface area contributed by atoms with E-state index in [1.165, 1.54) is 12.1 Å². The Bertz CT molecular complexity index is 740. The van der Waals surface area contributed by atoms with Gasteiger partial charge in [-0.25, -0.2) is 4.98 Å². The molecule has 0 radical (unpaired) electrons.